The van der Waals surface area contributed by atoms with E-state index in [1.165, 1.54) is 37.7 Å². The van der Waals surface area contributed by atoms with Gasteiger partial charge in [-0.3, -0.25) is 0 Å². The third-order valence-corrected chi connectivity index (χ3v) is 2.56. The van der Waals surface area contributed by atoms with E-state index in [-0.39, 0.29) is 0 Å². The van der Waals surface area contributed by atoms with Crippen LogP contribution in [-0.2, 0) is 0 Å². The first-order chi connectivity index (χ1) is 7.93. The Bertz CT molecular complexity index is 306. The molecule has 86 valence electrons. The third kappa shape index (κ3) is 6.23. The molecule has 0 heterocycles. The highest BCUT2D eigenvalue weighted by atomic mass is 13.9. The standard InChI is InChI=1S/C16H22/c1-2-3-4-5-6-7-8-10-13-16-14-11-9-12-15-16/h7-15H,2-6H2,1H3. The van der Waals surface area contributed by atoms with Gasteiger partial charge in [-0.15, -0.1) is 0 Å². The Hall–Kier alpha value is -1.30. The van der Waals surface area contributed by atoms with Gasteiger partial charge in [0.05, 0.1) is 0 Å². The second-order valence-corrected chi connectivity index (χ2v) is 4.05. The van der Waals surface area contributed by atoms with Crippen LogP contribution >= 0.6 is 0 Å². The Labute approximate surface area is 99.7 Å². The van der Waals surface area contributed by atoms with Crippen LogP contribution in [0.25, 0.3) is 6.08 Å². The van der Waals surface area contributed by atoms with Crippen molar-refractivity contribution < 1.29 is 0 Å². The lowest BCUT2D eigenvalue weighted by atomic mass is 10.1. The summed E-state index contributed by atoms with van der Waals surface area (Å²) in [6.45, 7) is 2.25. The smallest absolute Gasteiger partial charge is 0.0257 e. The molecule has 16 heavy (non-hydrogen) atoms. The fourth-order valence-corrected chi connectivity index (χ4v) is 1.59. The zero-order valence-electron chi connectivity index (χ0n) is 10.2. The van der Waals surface area contributed by atoms with E-state index >= 15 is 0 Å². The summed E-state index contributed by atoms with van der Waals surface area (Å²) in [6.07, 6.45) is 15.3. The maximum absolute atomic E-state index is 2.26. The average Bonchev–Trinajstić information content (AvgIpc) is 2.34. The summed E-state index contributed by atoms with van der Waals surface area (Å²) < 4.78 is 0. The predicted molar refractivity (Wildman–Crippen MR) is 73.4 cm³/mol. The molecule has 0 radical (unpaired) electrons. The SMILES string of the molecule is CCCCCCC=CC=Cc1ccccc1. The van der Waals surface area contributed by atoms with Crippen LogP contribution in [0, 0.1) is 0 Å². The van der Waals surface area contributed by atoms with Crippen molar-refractivity contribution in [1.29, 1.82) is 0 Å². The fourth-order valence-electron chi connectivity index (χ4n) is 1.59. The number of unbranched alkanes of at least 4 members (excludes halogenated alkanes) is 4. The van der Waals surface area contributed by atoms with Crippen LogP contribution < -0.4 is 0 Å². The van der Waals surface area contributed by atoms with E-state index in [0.717, 1.165) is 0 Å². The highest BCUT2D eigenvalue weighted by molar-refractivity contribution is 5.50. The van der Waals surface area contributed by atoms with Crippen LogP contribution in [0.1, 0.15) is 44.6 Å². The summed E-state index contributed by atoms with van der Waals surface area (Å²) in [6, 6.07) is 10.4. The Morgan fingerprint density at radius 2 is 1.75 bits per heavy atom. The second-order valence-electron chi connectivity index (χ2n) is 4.05. The van der Waals surface area contributed by atoms with E-state index in [0.29, 0.717) is 0 Å². The maximum Gasteiger partial charge on any atom is -0.0257 e. The molecule has 0 saturated heterocycles. The Morgan fingerprint density at radius 1 is 0.938 bits per heavy atom. The molecule has 0 aliphatic heterocycles. The third-order valence-electron chi connectivity index (χ3n) is 2.56. The fraction of sp³-hybridized carbons (Fsp3) is 0.375. The first kappa shape index (κ1) is 12.8. The van der Waals surface area contributed by atoms with E-state index in [4.69, 9.17) is 0 Å². The normalized spacial score (nSPS) is 11.6. The number of benzene rings is 1. The molecule has 0 atom stereocenters. The Morgan fingerprint density at radius 3 is 2.50 bits per heavy atom. The van der Waals surface area contributed by atoms with E-state index in [9.17, 15) is 0 Å². The molecule has 0 N–H and O–H groups in total. The van der Waals surface area contributed by atoms with E-state index in [1.54, 1.807) is 0 Å². The van der Waals surface area contributed by atoms with Crippen LogP contribution in [0.15, 0.2) is 48.6 Å². The van der Waals surface area contributed by atoms with Crippen LogP contribution in [-0.4, -0.2) is 0 Å². The van der Waals surface area contributed by atoms with Gasteiger partial charge >= 0.3 is 0 Å². The lowest BCUT2D eigenvalue weighted by Gasteiger charge is -1.93. The highest BCUT2D eigenvalue weighted by Crippen LogP contribution is 2.04. The zero-order valence-corrected chi connectivity index (χ0v) is 10.2. The molecule has 0 aromatic heterocycles. The first-order valence-electron chi connectivity index (χ1n) is 6.31. The minimum Gasteiger partial charge on any atom is -0.0845 e. The van der Waals surface area contributed by atoms with Crippen LogP contribution in [0.4, 0.5) is 0 Å². The van der Waals surface area contributed by atoms with E-state index in [1.807, 2.05) is 6.07 Å². The van der Waals surface area contributed by atoms with Crippen molar-refractivity contribution in [2.24, 2.45) is 0 Å². The first-order valence-corrected chi connectivity index (χ1v) is 6.31. The van der Waals surface area contributed by atoms with Crippen molar-refractivity contribution in [2.75, 3.05) is 0 Å². The van der Waals surface area contributed by atoms with Crippen molar-refractivity contribution >= 4 is 6.08 Å². The molecular formula is C16H22. The van der Waals surface area contributed by atoms with Gasteiger partial charge in [0, 0.05) is 0 Å². The summed E-state index contributed by atoms with van der Waals surface area (Å²) in [5.74, 6) is 0. The van der Waals surface area contributed by atoms with Gasteiger partial charge in [-0.05, 0) is 18.4 Å². The summed E-state index contributed by atoms with van der Waals surface area (Å²) >= 11 is 0. The molecule has 0 saturated carbocycles. The van der Waals surface area contributed by atoms with Gasteiger partial charge in [-0.1, -0.05) is 80.8 Å². The lowest BCUT2D eigenvalue weighted by molar-refractivity contribution is 0.674. The van der Waals surface area contributed by atoms with Crippen LogP contribution in [0.5, 0.6) is 0 Å². The Kier molecular flexibility index (Phi) is 7.15. The van der Waals surface area contributed by atoms with Crippen molar-refractivity contribution in [3.8, 4) is 0 Å². The molecule has 1 rings (SSSR count). The van der Waals surface area contributed by atoms with Gasteiger partial charge in [-0.2, -0.15) is 0 Å². The summed E-state index contributed by atoms with van der Waals surface area (Å²) in [5.41, 5.74) is 1.26. The largest absolute Gasteiger partial charge is 0.0845 e. The van der Waals surface area contributed by atoms with Gasteiger partial charge in [0.15, 0.2) is 0 Å². The monoisotopic (exact) mass is 214 g/mol. The minimum atomic E-state index is 1.21. The molecule has 0 unspecified atom stereocenters. The number of rotatable bonds is 7. The molecule has 0 heteroatoms. The van der Waals surface area contributed by atoms with Crippen LogP contribution in [0.3, 0.4) is 0 Å². The zero-order chi connectivity index (χ0) is 11.5. The molecule has 0 spiro atoms. The van der Waals surface area contributed by atoms with Crippen molar-refractivity contribution in [1.82, 2.24) is 0 Å². The summed E-state index contributed by atoms with van der Waals surface area (Å²) in [4.78, 5) is 0. The van der Waals surface area contributed by atoms with Gasteiger partial charge in [0.1, 0.15) is 0 Å². The summed E-state index contributed by atoms with van der Waals surface area (Å²) in [5, 5.41) is 0. The van der Waals surface area contributed by atoms with Crippen molar-refractivity contribution in [2.45, 2.75) is 39.0 Å². The molecule has 0 fully saturated rings. The van der Waals surface area contributed by atoms with Crippen LogP contribution in [0.2, 0.25) is 0 Å². The van der Waals surface area contributed by atoms with Crippen molar-refractivity contribution in [3.05, 3.63) is 54.1 Å². The molecule has 0 aliphatic rings. The number of hydrogen-bond donors (Lipinski definition) is 0. The van der Waals surface area contributed by atoms with Gasteiger partial charge < -0.3 is 0 Å². The average molecular weight is 214 g/mol. The highest BCUT2D eigenvalue weighted by Gasteiger charge is 1.83. The summed E-state index contributed by atoms with van der Waals surface area (Å²) in [7, 11) is 0. The van der Waals surface area contributed by atoms with E-state index < -0.39 is 0 Å². The molecule has 1 aromatic carbocycles. The molecule has 0 bridgehead atoms. The molecule has 0 nitrogen and oxygen atoms in total. The lowest BCUT2D eigenvalue weighted by Crippen LogP contribution is -1.73. The quantitative estimate of drug-likeness (QED) is 0.431. The number of allylic oxidation sites excluding steroid dienone is 3. The van der Waals surface area contributed by atoms with Gasteiger partial charge in [-0.25, -0.2) is 0 Å². The minimum absolute atomic E-state index is 1.21. The molecular weight excluding hydrogens is 192 g/mol. The second kappa shape index (κ2) is 8.96. The predicted octanol–water partition coefficient (Wildman–Crippen LogP) is 5.23. The maximum atomic E-state index is 2.26. The Balaban J connectivity index is 2.14. The molecule has 1 aromatic rings. The number of hydrogen-bond acceptors (Lipinski definition) is 0. The molecule has 0 amide bonds. The topological polar surface area (TPSA) is 0 Å². The van der Waals surface area contributed by atoms with E-state index in [2.05, 4.69) is 55.5 Å². The van der Waals surface area contributed by atoms with Crippen molar-refractivity contribution in [3.63, 3.8) is 0 Å². The van der Waals surface area contributed by atoms with Gasteiger partial charge in [0.2, 0.25) is 0 Å². The molecule has 0 aliphatic carbocycles. The van der Waals surface area contributed by atoms with Gasteiger partial charge in [0.25, 0.3) is 0 Å².